The summed E-state index contributed by atoms with van der Waals surface area (Å²) in [6, 6.07) is 7.45. The van der Waals surface area contributed by atoms with E-state index in [2.05, 4.69) is 10.1 Å². The van der Waals surface area contributed by atoms with Crippen LogP contribution in [-0.4, -0.2) is 23.9 Å². The van der Waals surface area contributed by atoms with Crippen LogP contribution >= 0.6 is 11.3 Å². The molecule has 7 nitrogen and oxygen atoms in total. The summed E-state index contributed by atoms with van der Waals surface area (Å²) in [5.41, 5.74) is 0.738. The Hall–Kier alpha value is -3.00. The second kappa shape index (κ2) is 7.32. The van der Waals surface area contributed by atoms with Crippen molar-refractivity contribution in [2.45, 2.75) is 0 Å². The minimum absolute atomic E-state index is 0.0567. The lowest BCUT2D eigenvalue weighted by Crippen LogP contribution is -2.10. The molecule has 0 fully saturated rings. The van der Waals surface area contributed by atoms with E-state index in [1.807, 2.05) is 0 Å². The van der Waals surface area contributed by atoms with Crippen molar-refractivity contribution in [3.8, 4) is 0 Å². The van der Waals surface area contributed by atoms with Crippen LogP contribution in [0.2, 0.25) is 0 Å². The number of nitrogens with one attached hydrogen (secondary N) is 1. The number of hydrogen-bond acceptors (Lipinski definition) is 6. The highest BCUT2D eigenvalue weighted by Gasteiger charge is 2.14. The normalized spacial score (nSPS) is 10.5. The smallest absolute Gasteiger partial charge is 0.340 e. The molecule has 0 aliphatic rings. The fourth-order valence-electron chi connectivity index (χ4n) is 1.74. The molecule has 1 N–H and O–H groups in total. The Morgan fingerprint density at radius 3 is 2.83 bits per heavy atom. The highest BCUT2D eigenvalue weighted by molar-refractivity contribution is 7.14. The average Bonchev–Trinajstić information content (AvgIpc) is 3.00. The third-order valence-corrected chi connectivity index (χ3v) is 3.65. The van der Waals surface area contributed by atoms with Crippen LogP contribution < -0.4 is 5.32 Å². The second-order valence-electron chi connectivity index (χ2n) is 4.33. The van der Waals surface area contributed by atoms with Gasteiger partial charge < -0.3 is 10.1 Å². The highest BCUT2D eigenvalue weighted by atomic mass is 32.1. The van der Waals surface area contributed by atoms with Crippen molar-refractivity contribution in [3.63, 3.8) is 0 Å². The monoisotopic (exact) mass is 332 g/mol. The number of hydrogen-bond donors (Lipinski definition) is 1. The molecule has 0 radical (unpaired) electrons. The average molecular weight is 332 g/mol. The Balaban J connectivity index is 2.08. The number of methoxy groups -OCH3 is 1. The molecule has 0 atom stereocenters. The summed E-state index contributed by atoms with van der Waals surface area (Å²) in [6.07, 6.45) is 2.69. The van der Waals surface area contributed by atoms with Gasteiger partial charge in [0.25, 0.3) is 5.69 Å². The number of amides is 1. The van der Waals surface area contributed by atoms with Gasteiger partial charge in [-0.3, -0.25) is 14.9 Å². The number of anilines is 1. The summed E-state index contributed by atoms with van der Waals surface area (Å²) >= 11 is 1.19. The highest BCUT2D eigenvalue weighted by Crippen LogP contribution is 2.24. The number of nitro groups is 1. The number of nitrogens with zero attached hydrogens (tertiary/aromatic N) is 1. The second-order valence-corrected chi connectivity index (χ2v) is 5.25. The van der Waals surface area contributed by atoms with E-state index < -0.39 is 16.8 Å². The van der Waals surface area contributed by atoms with Crippen LogP contribution in [0.1, 0.15) is 15.9 Å². The molecule has 0 aliphatic carbocycles. The van der Waals surface area contributed by atoms with E-state index >= 15 is 0 Å². The van der Waals surface area contributed by atoms with Crippen LogP contribution in [-0.2, 0) is 9.53 Å². The zero-order valence-corrected chi connectivity index (χ0v) is 12.8. The van der Waals surface area contributed by atoms with Crippen LogP contribution in [0.5, 0.6) is 0 Å². The van der Waals surface area contributed by atoms with E-state index in [0.717, 1.165) is 0 Å². The molecule has 0 aliphatic heterocycles. The molecule has 8 heteroatoms. The molecule has 1 aromatic heterocycles. The van der Waals surface area contributed by atoms with Gasteiger partial charge in [0, 0.05) is 18.2 Å². The first-order chi connectivity index (χ1) is 11.0. The third-order valence-electron chi connectivity index (χ3n) is 2.82. The van der Waals surface area contributed by atoms with Crippen molar-refractivity contribution < 1.29 is 19.2 Å². The molecule has 118 valence electrons. The van der Waals surface area contributed by atoms with Crippen molar-refractivity contribution >= 4 is 40.0 Å². The van der Waals surface area contributed by atoms with E-state index in [1.165, 1.54) is 48.8 Å². The lowest BCUT2D eigenvalue weighted by Gasteiger charge is -2.02. The van der Waals surface area contributed by atoms with Crippen LogP contribution in [0.4, 0.5) is 10.7 Å². The predicted molar refractivity (Wildman–Crippen MR) is 86.4 cm³/mol. The lowest BCUT2D eigenvalue weighted by atomic mass is 10.2. The fraction of sp³-hybridized carbons (Fsp3) is 0.0667. The van der Waals surface area contributed by atoms with Gasteiger partial charge in [0.1, 0.15) is 5.00 Å². The molecular formula is C15H12N2O5S. The minimum Gasteiger partial charge on any atom is -0.465 e. The quantitative estimate of drug-likeness (QED) is 0.392. The first kappa shape index (κ1) is 16.4. The van der Waals surface area contributed by atoms with Gasteiger partial charge >= 0.3 is 5.97 Å². The van der Waals surface area contributed by atoms with Gasteiger partial charge in [-0.05, 0) is 23.1 Å². The summed E-state index contributed by atoms with van der Waals surface area (Å²) in [6.45, 7) is 0. The molecule has 1 aromatic carbocycles. The number of thiophene rings is 1. The summed E-state index contributed by atoms with van der Waals surface area (Å²) < 4.78 is 4.62. The fourth-order valence-corrected chi connectivity index (χ4v) is 2.52. The summed E-state index contributed by atoms with van der Waals surface area (Å²) in [5.74, 6) is -0.992. The molecule has 0 saturated carbocycles. The van der Waals surface area contributed by atoms with Gasteiger partial charge in [-0.25, -0.2) is 4.79 Å². The van der Waals surface area contributed by atoms with E-state index in [0.29, 0.717) is 10.6 Å². The molecule has 0 spiro atoms. The van der Waals surface area contributed by atoms with Gasteiger partial charge in [-0.2, -0.15) is 0 Å². The van der Waals surface area contributed by atoms with Gasteiger partial charge in [0.15, 0.2) is 0 Å². The van der Waals surface area contributed by atoms with Crippen LogP contribution in [0, 0.1) is 10.1 Å². The number of nitro benzene ring substituents is 1. The maximum absolute atomic E-state index is 11.9. The minimum atomic E-state index is -0.538. The maximum atomic E-state index is 11.9. The topological polar surface area (TPSA) is 98.5 Å². The van der Waals surface area contributed by atoms with Gasteiger partial charge in [-0.1, -0.05) is 12.1 Å². The Kier molecular flexibility index (Phi) is 5.21. The standard InChI is InChI=1S/C15H12N2O5S/c1-22-15(19)12-7-8-23-14(12)16-13(18)6-5-10-3-2-4-11(9-10)17(20)21/h2-9H,1H3,(H,16,18)/b6-5+. The van der Waals surface area contributed by atoms with Crippen molar-refractivity contribution in [2.75, 3.05) is 12.4 Å². The number of benzene rings is 1. The number of carbonyl (C=O) groups excluding carboxylic acids is 2. The molecule has 0 unspecified atom stereocenters. The zero-order valence-electron chi connectivity index (χ0n) is 12.0. The van der Waals surface area contributed by atoms with E-state index in [-0.39, 0.29) is 11.3 Å². The van der Waals surface area contributed by atoms with Crippen LogP contribution in [0.3, 0.4) is 0 Å². The predicted octanol–water partition coefficient (Wildman–Crippen LogP) is 3.09. The molecule has 0 bridgehead atoms. The van der Waals surface area contributed by atoms with E-state index in [1.54, 1.807) is 17.5 Å². The number of ether oxygens (including phenoxy) is 1. The molecule has 1 amide bonds. The number of rotatable bonds is 5. The summed E-state index contributed by atoms with van der Waals surface area (Å²) in [7, 11) is 1.26. The Morgan fingerprint density at radius 1 is 1.35 bits per heavy atom. The first-order valence-corrected chi connectivity index (χ1v) is 7.28. The van der Waals surface area contributed by atoms with Crippen LogP contribution in [0.15, 0.2) is 41.8 Å². The number of esters is 1. The Labute approximate surface area is 135 Å². The summed E-state index contributed by atoms with van der Waals surface area (Å²) in [4.78, 5) is 33.6. The SMILES string of the molecule is COC(=O)c1ccsc1NC(=O)/C=C/c1cccc([N+](=O)[O-])c1. The largest absolute Gasteiger partial charge is 0.465 e. The molecule has 0 saturated heterocycles. The molecule has 2 aromatic rings. The van der Waals surface area contributed by atoms with Gasteiger partial charge in [-0.15, -0.1) is 11.3 Å². The number of non-ortho nitro benzene ring substituents is 1. The molecular weight excluding hydrogens is 320 g/mol. The summed E-state index contributed by atoms with van der Waals surface area (Å²) in [5, 5.41) is 15.3. The third kappa shape index (κ3) is 4.24. The molecule has 1 heterocycles. The van der Waals surface area contributed by atoms with E-state index in [9.17, 15) is 19.7 Å². The van der Waals surface area contributed by atoms with Crippen LogP contribution in [0.25, 0.3) is 6.08 Å². The van der Waals surface area contributed by atoms with E-state index in [4.69, 9.17) is 0 Å². The van der Waals surface area contributed by atoms with Gasteiger partial charge in [0.05, 0.1) is 17.6 Å². The van der Waals surface area contributed by atoms with Crippen molar-refractivity contribution in [3.05, 3.63) is 63.0 Å². The zero-order chi connectivity index (χ0) is 16.8. The van der Waals surface area contributed by atoms with Crippen molar-refractivity contribution in [2.24, 2.45) is 0 Å². The molecule has 2 rings (SSSR count). The molecule has 23 heavy (non-hydrogen) atoms. The number of carbonyl (C=O) groups is 2. The van der Waals surface area contributed by atoms with Crippen molar-refractivity contribution in [1.82, 2.24) is 0 Å². The Bertz CT molecular complexity index is 782. The lowest BCUT2D eigenvalue weighted by molar-refractivity contribution is -0.384. The Morgan fingerprint density at radius 2 is 2.13 bits per heavy atom. The maximum Gasteiger partial charge on any atom is 0.340 e. The van der Waals surface area contributed by atoms with Crippen molar-refractivity contribution in [1.29, 1.82) is 0 Å². The van der Waals surface area contributed by atoms with Gasteiger partial charge in [0.2, 0.25) is 5.91 Å². The first-order valence-electron chi connectivity index (χ1n) is 6.40.